The molecule has 194 valence electrons. The first-order valence-corrected chi connectivity index (χ1v) is 17.3. The molecule has 0 bridgehead atoms. The number of fused-ring (bicyclic) bond motifs is 1. The Hall–Kier alpha value is -2.25. The van der Waals surface area contributed by atoms with Gasteiger partial charge in [0.15, 0.2) is 0 Å². The number of piperidine rings is 1. The lowest BCUT2D eigenvalue weighted by Crippen LogP contribution is -2.50. The number of hydrogen-bond acceptors (Lipinski definition) is 6. The Morgan fingerprint density at radius 2 is 1.89 bits per heavy atom. The number of nitrogen functional groups attached to an aromatic ring is 1. The van der Waals surface area contributed by atoms with Crippen LogP contribution in [0.15, 0.2) is 29.1 Å². The van der Waals surface area contributed by atoms with Crippen LogP contribution in [-0.4, -0.2) is 40.0 Å². The standard InChI is InChI=1S/C27H39N5O2SSi/c1-26(2,3)35(34)30-24-21-9-8-19(10-15-36(5,6)7)16-20(21)18-27(24)11-13-32(14-12-27)25-29-22(28)17-23(33)31(25)4/h8-9,16-17,24,30H,11-14,18,28H2,1-7H3/t24-,35-/m1/s1. The molecule has 3 N–H and O–H groups in total. The minimum atomic E-state index is -1.47. The molecule has 2 heterocycles. The molecule has 9 heteroatoms. The Kier molecular flexibility index (Phi) is 7.12. The van der Waals surface area contributed by atoms with Crippen LogP contribution in [-0.2, 0) is 24.8 Å². The quantitative estimate of drug-likeness (QED) is 0.361. The number of nitrogens with two attached hydrogens (primary N) is 1. The third kappa shape index (κ3) is 5.52. The van der Waals surface area contributed by atoms with Crippen LogP contribution in [0.25, 0.3) is 0 Å². The zero-order valence-electron chi connectivity index (χ0n) is 22.6. The molecule has 1 aliphatic carbocycles. The smallest absolute Gasteiger partial charge is 0.256 e. The van der Waals surface area contributed by atoms with Crippen LogP contribution in [0.5, 0.6) is 0 Å². The highest BCUT2D eigenvalue weighted by molar-refractivity contribution is 7.90. The molecule has 0 unspecified atom stereocenters. The van der Waals surface area contributed by atoms with Crippen molar-refractivity contribution < 1.29 is 4.55 Å². The van der Waals surface area contributed by atoms with Crippen molar-refractivity contribution in [1.82, 2.24) is 14.3 Å². The molecule has 1 spiro atoms. The fraction of sp³-hybridized carbons (Fsp3) is 0.556. The summed E-state index contributed by atoms with van der Waals surface area (Å²) < 4.78 is 18.0. The summed E-state index contributed by atoms with van der Waals surface area (Å²) in [5.74, 6) is 4.25. The van der Waals surface area contributed by atoms with Crippen molar-refractivity contribution in [2.75, 3.05) is 23.7 Å². The van der Waals surface area contributed by atoms with E-state index in [1.807, 2.05) is 20.8 Å². The maximum atomic E-state index is 13.3. The van der Waals surface area contributed by atoms with E-state index in [4.69, 9.17) is 5.73 Å². The van der Waals surface area contributed by atoms with Gasteiger partial charge in [-0.3, -0.25) is 9.36 Å². The Morgan fingerprint density at radius 1 is 1.22 bits per heavy atom. The van der Waals surface area contributed by atoms with E-state index in [9.17, 15) is 9.35 Å². The van der Waals surface area contributed by atoms with Crippen molar-refractivity contribution in [2.45, 2.75) is 70.5 Å². The van der Waals surface area contributed by atoms with E-state index in [0.29, 0.717) is 5.95 Å². The summed E-state index contributed by atoms with van der Waals surface area (Å²) in [5, 5.41) is 0. The van der Waals surface area contributed by atoms with Gasteiger partial charge in [0.05, 0.1) is 6.04 Å². The molecular formula is C27H39N5O2SSi. The van der Waals surface area contributed by atoms with Crippen molar-refractivity contribution in [1.29, 1.82) is 0 Å². The van der Waals surface area contributed by atoms with Gasteiger partial charge in [-0.2, -0.15) is 4.98 Å². The van der Waals surface area contributed by atoms with Gasteiger partial charge in [0.1, 0.15) is 18.6 Å². The maximum Gasteiger partial charge on any atom is 0.256 e. The molecule has 36 heavy (non-hydrogen) atoms. The lowest BCUT2D eigenvalue weighted by Gasteiger charge is -2.44. The average Bonchev–Trinajstić information content (AvgIpc) is 3.06. The molecule has 1 saturated heterocycles. The highest BCUT2D eigenvalue weighted by Crippen LogP contribution is 2.53. The molecule has 0 saturated carbocycles. The van der Waals surface area contributed by atoms with E-state index in [0.717, 1.165) is 37.9 Å². The Morgan fingerprint density at radius 3 is 2.50 bits per heavy atom. The third-order valence-corrected chi connectivity index (χ3v) is 9.58. The molecule has 2 atom stereocenters. The lowest BCUT2D eigenvalue weighted by molar-refractivity contribution is 0.175. The molecule has 1 fully saturated rings. The van der Waals surface area contributed by atoms with Crippen molar-refractivity contribution in [3.05, 3.63) is 51.3 Å². The first kappa shape index (κ1) is 26.8. The maximum absolute atomic E-state index is 13.3. The van der Waals surface area contributed by atoms with E-state index < -0.39 is 19.4 Å². The molecule has 1 aliphatic heterocycles. The second-order valence-corrected chi connectivity index (χ2v) is 19.0. The Labute approximate surface area is 219 Å². The number of nitrogens with zero attached hydrogens (tertiary/aromatic N) is 3. The Bertz CT molecular complexity index is 1260. The van der Waals surface area contributed by atoms with Crippen LogP contribution in [0.2, 0.25) is 19.6 Å². The van der Waals surface area contributed by atoms with Crippen molar-refractivity contribution in [2.24, 2.45) is 12.5 Å². The van der Waals surface area contributed by atoms with Gasteiger partial charge in [0, 0.05) is 48.5 Å². The van der Waals surface area contributed by atoms with Crippen molar-refractivity contribution in [3.63, 3.8) is 0 Å². The summed E-state index contributed by atoms with van der Waals surface area (Å²) in [5.41, 5.74) is 12.7. The van der Waals surface area contributed by atoms with Gasteiger partial charge in [-0.25, -0.2) is 0 Å². The third-order valence-electron chi connectivity index (χ3n) is 7.14. The number of aromatic nitrogens is 2. The minimum absolute atomic E-state index is 0.00803. The number of benzene rings is 1. The summed E-state index contributed by atoms with van der Waals surface area (Å²) >= 11 is -1.20. The monoisotopic (exact) mass is 525 g/mol. The number of nitrogens with one attached hydrogen (secondary N) is 1. The average molecular weight is 526 g/mol. The van der Waals surface area contributed by atoms with Crippen LogP contribution in [0.4, 0.5) is 11.8 Å². The highest BCUT2D eigenvalue weighted by atomic mass is 32.2. The van der Waals surface area contributed by atoms with Crippen LogP contribution < -0.4 is 20.9 Å². The molecule has 4 rings (SSSR count). The van der Waals surface area contributed by atoms with Crippen molar-refractivity contribution in [3.8, 4) is 11.5 Å². The van der Waals surface area contributed by atoms with Gasteiger partial charge in [-0.1, -0.05) is 31.6 Å². The summed E-state index contributed by atoms with van der Waals surface area (Å²) in [7, 11) is 0.264. The number of rotatable bonds is 3. The van der Waals surface area contributed by atoms with Crippen LogP contribution in [0.3, 0.4) is 0 Å². The van der Waals surface area contributed by atoms with E-state index in [-0.39, 0.29) is 27.6 Å². The summed E-state index contributed by atoms with van der Waals surface area (Å²) in [6.45, 7) is 14.3. The van der Waals surface area contributed by atoms with Crippen molar-refractivity contribution >= 4 is 31.2 Å². The van der Waals surface area contributed by atoms with Gasteiger partial charge in [-0.05, 0) is 63.3 Å². The molecule has 1 aromatic heterocycles. The predicted octanol–water partition coefficient (Wildman–Crippen LogP) is 3.53. The van der Waals surface area contributed by atoms with Gasteiger partial charge in [-0.15, -0.1) is 10.3 Å². The van der Waals surface area contributed by atoms with E-state index in [1.54, 1.807) is 11.6 Å². The molecule has 1 aromatic carbocycles. The fourth-order valence-electron chi connectivity index (χ4n) is 5.11. The summed E-state index contributed by atoms with van der Waals surface area (Å²) in [6.07, 6.45) is 2.70. The Balaban J connectivity index is 1.65. The molecule has 0 amide bonds. The fourth-order valence-corrected chi connectivity index (χ4v) is 6.57. The second kappa shape index (κ2) is 9.56. The first-order chi connectivity index (χ1) is 16.7. The van der Waals surface area contributed by atoms with Crippen LogP contribution in [0.1, 0.15) is 56.3 Å². The molecule has 2 aliphatic rings. The van der Waals surface area contributed by atoms with Gasteiger partial charge >= 0.3 is 0 Å². The lowest BCUT2D eigenvalue weighted by atomic mass is 9.73. The zero-order chi connectivity index (χ0) is 26.5. The summed E-state index contributed by atoms with van der Waals surface area (Å²) in [4.78, 5) is 18.9. The van der Waals surface area contributed by atoms with E-state index >= 15 is 0 Å². The van der Waals surface area contributed by atoms with E-state index in [1.165, 1.54) is 17.2 Å². The van der Waals surface area contributed by atoms with Gasteiger partial charge in [0.2, 0.25) is 5.95 Å². The van der Waals surface area contributed by atoms with Gasteiger partial charge < -0.3 is 15.2 Å². The largest absolute Gasteiger partial charge is 0.598 e. The van der Waals surface area contributed by atoms with E-state index in [2.05, 4.69) is 63.9 Å². The van der Waals surface area contributed by atoms with Gasteiger partial charge in [0.25, 0.3) is 5.56 Å². The second-order valence-electron chi connectivity index (χ2n) is 12.3. The molecule has 7 nitrogen and oxygen atoms in total. The highest BCUT2D eigenvalue weighted by Gasteiger charge is 2.50. The predicted molar refractivity (Wildman–Crippen MR) is 152 cm³/mol. The van der Waals surface area contributed by atoms with Crippen LogP contribution >= 0.6 is 0 Å². The normalized spacial score (nSPS) is 20.1. The number of hydrogen-bond donors (Lipinski definition) is 2. The molecule has 2 aromatic rings. The zero-order valence-corrected chi connectivity index (χ0v) is 24.4. The number of anilines is 2. The summed E-state index contributed by atoms with van der Waals surface area (Å²) in [6, 6.07) is 7.88. The van der Waals surface area contributed by atoms with Crippen LogP contribution in [0, 0.1) is 16.9 Å². The molecular weight excluding hydrogens is 486 g/mol. The topological polar surface area (TPSA) is 99.2 Å². The SMILES string of the molecule is Cn1c(N2CCC3(CC2)Cc2cc(C#C[Si](C)(C)C)ccc2[C@H]3N[S@+]([O-])C(C)(C)C)nc(N)cc1=O. The first-order valence-electron chi connectivity index (χ1n) is 12.6. The molecule has 0 radical (unpaired) electrons. The minimum Gasteiger partial charge on any atom is -0.598 e.